The van der Waals surface area contributed by atoms with Gasteiger partial charge in [0, 0.05) is 9.92 Å². The van der Waals surface area contributed by atoms with Crippen molar-refractivity contribution in [2.24, 2.45) is 5.10 Å². The van der Waals surface area contributed by atoms with Crippen LogP contribution in [-0.4, -0.2) is 17.4 Å². The summed E-state index contributed by atoms with van der Waals surface area (Å²) in [6, 6.07) is 17.1. The quantitative estimate of drug-likeness (QED) is 0.515. The molecule has 0 spiro atoms. The second-order valence-electron chi connectivity index (χ2n) is 4.34. The standard InChI is InChI=1S/C16H15ClN2OS/c1-12(13-5-3-2-4-6-13)18-19-16(20)11-21-15-9-7-14(17)8-10-15/h2-10H,11H2,1H3,(H,19,20). The molecule has 21 heavy (non-hydrogen) atoms. The Morgan fingerprint density at radius 3 is 2.48 bits per heavy atom. The molecule has 0 bridgehead atoms. The minimum atomic E-state index is -0.134. The molecular formula is C16H15ClN2OS. The monoisotopic (exact) mass is 318 g/mol. The molecule has 0 aliphatic rings. The van der Waals surface area contributed by atoms with E-state index in [0.717, 1.165) is 16.2 Å². The first kappa shape index (κ1) is 15.6. The SMILES string of the molecule is CC(=NNC(=O)CSc1ccc(Cl)cc1)c1ccccc1. The fraction of sp³-hybridized carbons (Fsp3) is 0.125. The largest absolute Gasteiger partial charge is 0.272 e. The lowest BCUT2D eigenvalue weighted by Crippen LogP contribution is -2.21. The fourth-order valence-electron chi connectivity index (χ4n) is 1.60. The Balaban J connectivity index is 1.83. The van der Waals surface area contributed by atoms with Gasteiger partial charge in [-0.3, -0.25) is 4.79 Å². The predicted molar refractivity (Wildman–Crippen MR) is 89.0 cm³/mol. The topological polar surface area (TPSA) is 41.5 Å². The van der Waals surface area contributed by atoms with Gasteiger partial charge in [0.25, 0.3) is 0 Å². The van der Waals surface area contributed by atoms with Gasteiger partial charge in [0.15, 0.2) is 0 Å². The van der Waals surface area contributed by atoms with E-state index in [-0.39, 0.29) is 5.91 Å². The average Bonchev–Trinajstić information content (AvgIpc) is 2.53. The molecule has 0 atom stereocenters. The van der Waals surface area contributed by atoms with Crippen molar-refractivity contribution < 1.29 is 4.79 Å². The number of hydrazone groups is 1. The van der Waals surface area contributed by atoms with Crippen molar-refractivity contribution in [3.05, 3.63) is 65.2 Å². The smallest absolute Gasteiger partial charge is 0.250 e. The Kier molecular flexibility index (Phi) is 5.84. The van der Waals surface area contributed by atoms with Gasteiger partial charge in [0.05, 0.1) is 11.5 Å². The molecule has 0 heterocycles. The van der Waals surface area contributed by atoms with E-state index in [0.29, 0.717) is 10.8 Å². The molecule has 1 amide bonds. The number of hydrogen-bond donors (Lipinski definition) is 1. The van der Waals surface area contributed by atoms with E-state index in [2.05, 4.69) is 10.5 Å². The van der Waals surface area contributed by atoms with Crippen LogP contribution < -0.4 is 5.43 Å². The molecule has 0 unspecified atom stereocenters. The molecular weight excluding hydrogens is 304 g/mol. The van der Waals surface area contributed by atoms with E-state index < -0.39 is 0 Å². The third-order valence-electron chi connectivity index (χ3n) is 2.72. The maximum atomic E-state index is 11.8. The zero-order valence-electron chi connectivity index (χ0n) is 11.5. The summed E-state index contributed by atoms with van der Waals surface area (Å²) in [7, 11) is 0. The molecule has 108 valence electrons. The van der Waals surface area contributed by atoms with Crippen molar-refractivity contribution in [3.63, 3.8) is 0 Å². The number of halogens is 1. The number of hydrogen-bond acceptors (Lipinski definition) is 3. The van der Waals surface area contributed by atoms with E-state index in [4.69, 9.17) is 11.6 Å². The maximum Gasteiger partial charge on any atom is 0.250 e. The first-order chi connectivity index (χ1) is 10.1. The van der Waals surface area contributed by atoms with Crippen LogP contribution in [0.2, 0.25) is 5.02 Å². The van der Waals surface area contributed by atoms with Crippen LogP contribution >= 0.6 is 23.4 Å². The number of nitrogens with one attached hydrogen (secondary N) is 1. The highest BCUT2D eigenvalue weighted by atomic mass is 35.5. The molecule has 0 saturated heterocycles. The van der Waals surface area contributed by atoms with Gasteiger partial charge in [-0.25, -0.2) is 5.43 Å². The molecule has 2 aromatic carbocycles. The summed E-state index contributed by atoms with van der Waals surface area (Å²) in [6.45, 7) is 1.86. The van der Waals surface area contributed by atoms with Crippen molar-refractivity contribution in [2.45, 2.75) is 11.8 Å². The van der Waals surface area contributed by atoms with Crippen LogP contribution in [0.15, 0.2) is 64.6 Å². The van der Waals surface area contributed by atoms with E-state index >= 15 is 0 Å². The molecule has 0 aromatic heterocycles. The van der Waals surface area contributed by atoms with Gasteiger partial charge in [-0.1, -0.05) is 41.9 Å². The van der Waals surface area contributed by atoms with Crippen LogP contribution in [0.25, 0.3) is 0 Å². The second-order valence-corrected chi connectivity index (χ2v) is 5.83. The van der Waals surface area contributed by atoms with Gasteiger partial charge >= 0.3 is 0 Å². The highest BCUT2D eigenvalue weighted by Crippen LogP contribution is 2.19. The Hall–Kier alpha value is -1.78. The summed E-state index contributed by atoms with van der Waals surface area (Å²) in [5.74, 6) is 0.179. The molecule has 5 heteroatoms. The van der Waals surface area contributed by atoms with E-state index in [1.165, 1.54) is 11.8 Å². The number of benzene rings is 2. The van der Waals surface area contributed by atoms with Gasteiger partial charge < -0.3 is 0 Å². The third-order valence-corrected chi connectivity index (χ3v) is 3.99. The molecule has 2 aromatic rings. The molecule has 1 N–H and O–H groups in total. The average molecular weight is 319 g/mol. The Morgan fingerprint density at radius 1 is 1.14 bits per heavy atom. The van der Waals surface area contributed by atoms with Crippen molar-refractivity contribution >= 4 is 35.0 Å². The number of carbonyl (C=O) groups excluding carboxylic acids is 1. The van der Waals surface area contributed by atoms with Crippen molar-refractivity contribution in [3.8, 4) is 0 Å². The minimum Gasteiger partial charge on any atom is -0.272 e. The summed E-state index contributed by atoms with van der Waals surface area (Å²) in [6.07, 6.45) is 0. The summed E-state index contributed by atoms with van der Waals surface area (Å²) in [5.41, 5.74) is 4.33. The number of thioether (sulfide) groups is 1. The first-order valence-corrected chi connectivity index (χ1v) is 7.78. The Bertz CT molecular complexity index is 626. The zero-order valence-corrected chi connectivity index (χ0v) is 13.1. The summed E-state index contributed by atoms with van der Waals surface area (Å²) < 4.78 is 0. The molecule has 0 saturated carbocycles. The van der Waals surface area contributed by atoms with Gasteiger partial charge in [-0.05, 0) is 36.8 Å². The lowest BCUT2D eigenvalue weighted by Gasteiger charge is -2.03. The predicted octanol–water partition coefficient (Wildman–Crippen LogP) is 3.97. The van der Waals surface area contributed by atoms with Crippen molar-refractivity contribution in [2.75, 3.05) is 5.75 Å². The molecule has 0 aliphatic heterocycles. The molecule has 0 radical (unpaired) electrons. The first-order valence-electron chi connectivity index (χ1n) is 6.42. The highest BCUT2D eigenvalue weighted by Gasteiger charge is 2.03. The molecule has 2 rings (SSSR count). The van der Waals surface area contributed by atoms with E-state index in [1.54, 1.807) is 12.1 Å². The van der Waals surface area contributed by atoms with Crippen LogP contribution in [-0.2, 0) is 4.79 Å². The summed E-state index contributed by atoms with van der Waals surface area (Å²) in [5, 5.41) is 4.79. The van der Waals surface area contributed by atoms with Crippen LogP contribution in [0.1, 0.15) is 12.5 Å². The fourth-order valence-corrected chi connectivity index (χ4v) is 2.42. The second kappa shape index (κ2) is 7.86. The molecule has 0 aliphatic carbocycles. The van der Waals surface area contributed by atoms with E-state index in [9.17, 15) is 4.79 Å². The van der Waals surface area contributed by atoms with Crippen molar-refractivity contribution in [1.82, 2.24) is 5.43 Å². The number of rotatable bonds is 5. The molecule has 3 nitrogen and oxygen atoms in total. The van der Waals surface area contributed by atoms with Crippen molar-refractivity contribution in [1.29, 1.82) is 0 Å². The van der Waals surface area contributed by atoms with Crippen LogP contribution in [0.5, 0.6) is 0 Å². The number of nitrogens with zero attached hydrogens (tertiary/aromatic N) is 1. The Labute approximate surface area is 133 Å². The maximum absolute atomic E-state index is 11.8. The van der Waals surface area contributed by atoms with Crippen LogP contribution in [0, 0.1) is 0 Å². The van der Waals surface area contributed by atoms with Gasteiger partial charge in [0.2, 0.25) is 5.91 Å². The number of carbonyl (C=O) groups is 1. The highest BCUT2D eigenvalue weighted by molar-refractivity contribution is 8.00. The van der Waals surface area contributed by atoms with Gasteiger partial charge in [-0.2, -0.15) is 5.10 Å². The van der Waals surface area contributed by atoms with Crippen LogP contribution in [0.4, 0.5) is 0 Å². The summed E-state index contributed by atoms with van der Waals surface area (Å²) >= 11 is 7.26. The third kappa shape index (κ3) is 5.25. The molecule has 0 fully saturated rings. The lowest BCUT2D eigenvalue weighted by molar-refractivity contribution is -0.118. The van der Waals surface area contributed by atoms with Gasteiger partial charge in [-0.15, -0.1) is 11.8 Å². The minimum absolute atomic E-state index is 0.134. The van der Waals surface area contributed by atoms with Gasteiger partial charge in [0.1, 0.15) is 0 Å². The number of amides is 1. The zero-order chi connectivity index (χ0) is 15.1. The van der Waals surface area contributed by atoms with Crippen LogP contribution in [0.3, 0.4) is 0 Å². The summed E-state index contributed by atoms with van der Waals surface area (Å²) in [4.78, 5) is 12.8. The Morgan fingerprint density at radius 2 is 1.81 bits per heavy atom. The normalized spacial score (nSPS) is 11.2. The lowest BCUT2D eigenvalue weighted by atomic mass is 10.1. The van der Waals surface area contributed by atoms with E-state index in [1.807, 2.05) is 49.4 Å².